The molecule has 0 spiro atoms. The average molecular weight is 240 g/mol. The van der Waals surface area contributed by atoms with Crippen molar-refractivity contribution in [1.29, 1.82) is 0 Å². The standard InChI is InChI=1S/C12H16O5/c1-16-10(13)12(15)8-6-4-2-3-5-7-9(8)17-11(12)14/h5,7-9,15H,2-4,6H2,1H3/b7-5-/t8-,9-,12-/m1/s1. The van der Waals surface area contributed by atoms with Crippen molar-refractivity contribution in [2.24, 2.45) is 5.92 Å². The first kappa shape index (κ1) is 12.1. The molecule has 1 fully saturated rings. The van der Waals surface area contributed by atoms with Gasteiger partial charge in [-0.3, -0.25) is 0 Å². The number of rotatable bonds is 1. The van der Waals surface area contributed by atoms with Gasteiger partial charge >= 0.3 is 11.9 Å². The lowest BCUT2D eigenvalue weighted by molar-refractivity contribution is -0.175. The maximum Gasteiger partial charge on any atom is 0.351 e. The molecular weight excluding hydrogens is 224 g/mol. The first-order chi connectivity index (χ1) is 8.10. The molecule has 2 aliphatic rings. The highest BCUT2D eigenvalue weighted by atomic mass is 16.6. The summed E-state index contributed by atoms with van der Waals surface area (Å²) in [4.78, 5) is 23.3. The second-order valence-corrected chi connectivity index (χ2v) is 4.45. The lowest BCUT2D eigenvalue weighted by atomic mass is 9.81. The molecular formula is C12H16O5. The molecule has 0 saturated carbocycles. The van der Waals surface area contributed by atoms with Crippen LogP contribution in [0.3, 0.4) is 0 Å². The predicted molar refractivity (Wildman–Crippen MR) is 57.9 cm³/mol. The molecule has 1 aliphatic heterocycles. The number of hydrogen-bond acceptors (Lipinski definition) is 5. The number of fused-ring (bicyclic) bond motifs is 1. The van der Waals surface area contributed by atoms with Crippen LogP contribution in [0, 0.1) is 5.92 Å². The molecule has 1 aliphatic carbocycles. The van der Waals surface area contributed by atoms with Gasteiger partial charge in [0.05, 0.1) is 13.0 Å². The van der Waals surface area contributed by atoms with E-state index in [2.05, 4.69) is 4.74 Å². The minimum absolute atomic E-state index is 0.521. The van der Waals surface area contributed by atoms with Crippen LogP contribution in [0.2, 0.25) is 0 Å². The lowest BCUT2D eigenvalue weighted by Gasteiger charge is -2.25. The second kappa shape index (κ2) is 4.49. The predicted octanol–water partition coefficient (Wildman–Crippen LogP) is 0.562. The average Bonchev–Trinajstić information content (AvgIpc) is 2.52. The van der Waals surface area contributed by atoms with Gasteiger partial charge in [-0.05, 0) is 25.3 Å². The van der Waals surface area contributed by atoms with E-state index in [4.69, 9.17) is 4.74 Å². The van der Waals surface area contributed by atoms with E-state index in [0.29, 0.717) is 6.42 Å². The molecule has 5 heteroatoms. The van der Waals surface area contributed by atoms with Gasteiger partial charge in [0.15, 0.2) is 0 Å². The van der Waals surface area contributed by atoms with Crippen LogP contribution in [0.15, 0.2) is 12.2 Å². The van der Waals surface area contributed by atoms with E-state index >= 15 is 0 Å². The monoisotopic (exact) mass is 240 g/mol. The van der Waals surface area contributed by atoms with Crippen LogP contribution in [0.1, 0.15) is 25.7 Å². The van der Waals surface area contributed by atoms with Crippen molar-refractivity contribution >= 4 is 11.9 Å². The number of carbonyl (C=O) groups is 2. The maximum absolute atomic E-state index is 11.7. The minimum atomic E-state index is -2.14. The third-order valence-corrected chi connectivity index (χ3v) is 3.45. The van der Waals surface area contributed by atoms with Gasteiger partial charge in [-0.1, -0.05) is 12.5 Å². The van der Waals surface area contributed by atoms with Gasteiger partial charge in [0.1, 0.15) is 6.10 Å². The molecule has 1 heterocycles. The highest BCUT2D eigenvalue weighted by Gasteiger charge is 2.61. The molecule has 17 heavy (non-hydrogen) atoms. The number of allylic oxidation sites excluding steroid dienone is 1. The second-order valence-electron chi connectivity index (χ2n) is 4.45. The van der Waals surface area contributed by atoms with Crippen LogP contribution in [0.5, 0.6) is 0 Å². The van der Waals surface area contributed by atoms with Crippen molar-refractivity contribution in [2.45, 2.75) is 37.4 Å². The molecule has 5 nitrogen and oxygen atoms in total. The summed E-state index contributed by atoms with van der Waals surface area (Å²) in [5, 5.41) is 10.3. The molecule has 1 N–H and O–H groups in total. The number of carbonyl (C=O) groups excluding carboxylic acids is 2. The molecule has 0 aromatic heterocycles. The van der Waals surface area contributed by atoms with Crippen molar-refractivity contribution < 1.29 is 24.2 Å². The van der Waals surface area contributed by atoms with E-state index in [1.807, 2.05) is 6.08 Å². The van der Waals surface area contributed by atoms with Crippen molar-refractivity contribution in [3.05, 3.63) is 12.2 Å². The van der Waals surface area contributed by atoms with Crippen LogP contribution in [0.4, 0.5) is 0 Å². The number of aliphatic hydroxyl groups is 1. The van der Waals surface area contributed by atoms with Gasteiger partial charge in [0, 0.05) is 0 Å². The molecule has 3 atom stereocenters. The molecule has 94 valence electrons. The summed E-state index contributed by atoms with van der Waals surface area (Å²) in [6.45, 7) is 0. The van der Waals surface area contributed by atoms with Gasteiger partial charge in [-0.15, -0.1) is 0 Å². The highest BCUT2D eigenvalue weighted by Crippen LogP contribution is 2.38. The molecule has 0 aromatic rings. The highest BCUT2D eigenvalue weighted by molar-refractivity contribution is 6.05. The number of hydrogen-bond donors (Lipinski definition) is 1. The zero-order chi connectivity index (χ0) is 12.5. The van der Waals surface area contributed by atoms with Gasteiger partial charge < -0.3 is 14.6 Å². The zero-order valence-corrected chi connectivity index (χ0v) is 9.72. The normalized spacial score (nSPS) is 38.6. The fourth-order valence-corrected chi connectivity index (χ4v) is 2.48. The Morgan fingerprint density at radius 2 is 2.35 bits per heavy atom. The van der Waals surface area contributed by atoms with E-state index in [0.717, 1.165) is 26.4 Å². The SMILES string of the molecule is COC(=O)[C@@]1(O)C(=O)O[C@@H]2/C=C\CCCC[C@H]21. The van der Waals surface area contributed by atoms with Gasteiger partial charge in [-0.25, -0.2) is 9.59 Å². The molecule has 1 saturated heterocycles. The van der Waals surface area contributed by atoms with E-state index in [1.165, 1.54) is 0 Å². The quantitative estimate of drug-likeness (QED) is 0.412. The van der Waals surface area contributed by atoms with Crippen LogP contribution >= 0.6 is 0 Å². The van der Waals surface area contributed by atoms with E-state index in [9.17, 15) is 14.7 Å². The van der Waals surface area contributed by atoms with Gasteiger partial charge in [-0.2, -0.15) is 0 Å². The smallest absolute Gasteiger partial charge is 0.351 e. The summed E-state index contributed by atoms with van der Waals surface area (Å²) in [7, 11) is 1.15. The zero-order valence-electron chi connectivity index (χ0n) is 9.72. The van der Waals surface area contributed by atoms with Crippen molar-refractivity contribution in [1.82, 2.24) is 0 Å². The molecule has 2 rings (SSSR count). The Morgan fingerprint density at radius 1 is 1.59 bits per heavy atom. The molecule has 0 radical (unpaired) electrons. The Labute approximate surface area is 99.4 Å². The van der Waals surface area contributed by atoms with Crippen LogP contribution in [-0.4, -0.2) is 35.9 Å². The van der Waals surface area contributed by atoms with Crippen molar-refractivity contribution in [3.63, 3.8) is 0 Å². The Morgan fingerprint density at radius 3 is 3.06 bits per heavy atom. The van der Waals surface area contributed by atoms with Gasteiger partial charge in [0.2, 0.25) is 0 Å². The molecule has 0 bridgehead atoms. The summed E-state index contributed by atoms with van der Waals surface area (Å²) in [6, 6.07) is 0. The van der Waals surface area contributed by atoms with E-state index in [1.54, 1.807) is 6.08 Å². The third kappa shape index (κ3) is 1.84. The topological polar surface area (TPSA) is 72.8 Å². The van der Waals surface area contributed by atoms with Crippen molar-refractivity contribution in [2.75, 3.05) is 7.11 Å². The Balaban J connectivity index is 2.33. The summed E-state index contributed by atoms with van der Waals surface area (Å²) >= 11 is 0. The van der Waals surface area contributed by atoms with E-state index in [-0.39, 0.29) is 0 Å². The summed E-state index contributed by atoms with van der Waals surface area (Å²) in [5.41, 5.74) is -2.14. The van der Waals surface area contributed by atoms with Crippen LogP contribution in [0.25, 0.3) is 0 Å². The Kier molecular flexibility index (Phi) is 3.19. The first-order valence-corrected chi connectivity index (χ1v) is 5.79. The minimum Gasteiger partial charge on any atom is -0.466 e. The molecule has 0 unspecified atom stereocenters. The summed E-state index contributed by atoms with van der Waals surface area (Å²) < 4.78 is 9.58. The van der Waals surface area contributed by atoms with Crippen LogP contribution < -0.4 is 0 Å². The van der Waals surface area contributed by atoms with Crippen LogP contribution in [-0.2, 0) is 19.1 Å². The maximum atomic E-state index is 11.7. The molecule has 0 amide bonds. The largest absolute Gasteiger partial charge is 0.466 e. The van der Waals surface area contributed by atoms with Gasteiger partial charge in [0.25, 0.3) is 5.60 Å². The Bertz CT molecular complexity index is 362. The van der Waals surface area contributed by atoms with Crippen molar-refractivity contribution in [3.8, 4) is 0 Å². The number of ether oxygens (including phenoxy) is 2. The number of esters is 2. The summed E-state index contributed by atoms with van der Waals surface area (Å²) in [6.07, 6.45) is 6.48. The first-order valence-electron chi connectivity index (χ1n) is 5.79. The third-order valence-electron chi connectivity index (χ3n) is 3.45. The fraction of sp³-hybridized carbons (Fsp3) is 0.667. The number of methoxy groups -OCH3 is 1. The summed E-state index contributed by atoms with van der Waals surface area (Å²) in [5.74, 6) is -2.37. The van der Waals surface area contributed by atoms with E-state index < -0.39 is 29.6 Å². The fourth-order valence-electron chi connectivity index (χ4n) is 2.48. The Hall–Kier alpha value is -1.36. The molecule has 0 aromatic carbocycles. The lowest BCUT2D eigenvalue weighted by Crippen LogP contribution is -2.50.